The lowest BCUT2D eigenvalue weighted by Crippen LogP contribution is -2.06. The highest BCUT2D eigenvalue weighted by Gasteiger charge is 2.12. The number of benzene rings is 1. The van der Waals surface area contributed by atoms with Crippen LogP contribution in [0.1, 0.15) is 18.5 Å². The van der Waals surface area contributed by atoms with Gasteiger partial charge in [0.05, 0.1) is 12.1 Å². The van der Waals surface area contributed by atoms with Crippen molar-refractivity contribution in [2.24, 2.45) is 0 Å². The van der Waals surface area contributed by atoms with Gasteiger partial charge in [0, 0.05) is 23.8 Å². The van der Waals surface area contributed by atoms with Crippen LogP contribution in [0.3, 0.4) is 0 Å². The van der Waals surface area contributed by atoms with E-state index in [0.29, 0.717) is 16.3 Å². The molecule has 1 N–H and O–H groups in total. The minimum absolute atomic E-state index is 0.0120. The fraction of sp³-hybridized carbons (Fsp3) is 0.214. The summed E-state index contributed by atoms with van der Waals surface area (Å²) in [5.41, 5.74) is 0.949. The highest BCUT2D eigenvalue weighted by Crippen LogP contribution is 2.26. The van der Waals surface area contributed by atoms with E-state index in [4.69, 9.17) is 5.11 Å². The van der Waals surface area contributed by atoms with E-state index >= 15 is 0 Å². The van der Waals surface area contributed by atoms with Crippen molar-refractivity contribution in [3.8, 4) is 10.6 Å². The molecular weight excluding hydrogens is 281 g/mol. The number of carboxylic acid groups (broad SMARTS) is 1. The number of hydrogen-bond donors (Lipinski definition) is 1. The molecule has 0 saturated heterocycles. The fourth-order valence-electron chi connectivity index (χ4n) is 1.68. The van der Waals surface area contributed by atoms with Gasteiger partial charge in [0.25, 0.3) is 0 Å². The lowest BCUT2D eigenvalue weighted by molar-refractivity contribution is -0.138. The summed E-state index contributed by atoms with van der Waals surface area (Å²) in [6.45, 7) is 0. The van der Waals surface area contributed by atoms with Crippen molar-refractivity contribution in [2.45, 2.75) is 19.3 Å². The van der Waals surface area contributed by atoms with Gasteiger partial charge in [0.2, 0.25) is 0 Å². The number of carboxylic acids is 1. The van der Waals surface area contributed by atoms with E-state index in [0.717, 1.165) is 0 Å². The van der Waals surface area contributed by atoms with Crippen LogP contribution in [-0.2, 0) is 16.0 Å². The third-order valence-electron chi connectivity index (χ3n) is 2.65. The number of Topliss-reactive ketones (excluding diaryl/α,β-unsaturated/α-hetero) is 1. The molecule has 20 heavy (non-hydrogen) atoms. The number of rotatable bonds is 6. The van der Waals surface area contributed by atoms with Crippen molar-refractivity contribution < 1.29 is 19.1 Å². The Kier molecular flexibility index (Phi) is 4.57. The van der Waals surface area contributed by atoms with Gasteiger partial charge in [-0.3, -0.25) is 9.59 Å². The first-order chi connectivity index (χ1) is 9.56. The number of carbonyl (C=O) groups is 2. The third kappa shape index (κ3) is 3.71. The van der Waals surface area contributed by atoms with Gasteiger partial charge in [-0.2, -0.15) is 0 Å². The molecule has 0 aliphatic heterocycles. The zero-order valence-corrected chi connectivity index (χ0v) is 11.3. The SMILES string of the molecule is O=C(O)CCC(=O)Cc1csc(-c2ccccc2F)n1. The molecule has 104 valence electrons. The molecule has 0 saturated carbocycles. The predicted molar refractivity (Wildman–Crippen MR) is 73.1 cm³/mol. The quantitative estimate of drug-likeness (QED) is 0.889. The van der Waals surface area contributed by atoms with Gasteiger partial charge < -0.3 is 5.11 Å². The molecule has 0 unspecified atom stereocenters. The summed E-state index contributed by atoms with van der Waals surface area (Å²) in [5, 5.41) is 10.7. The minimum Gasteiger partial charge on any atom is -0.481 e. The number of aliphatic carboxylic acids is 1. The van der Waals surface area contributed by atoms with Crippen LogP contribution in [0.4, 0.5) is 4.39 Å². The fourth-order valence-corrected chi connectivity index (χ4v) is 2.53. The van der Waals surface area contributed by atoms with Crippen molar-refractivity contribution in [1.29, 1.82) is 0 Å². The molecule has 0 aliphatic rings. The normalized spacial score (nSPS) is 10.4. The zero-order chi connectivity index (χ0) is 14.5. The Morgan fingerprint density at radius 1 is 1.25 bits per heavy atom. The van der Waals surface area contributed by atoms with E-state index in [9.17, 15) is 14.0 Å². The van der Waals surface area contributed by atoms with E-state index in [1.807, 2.05) is 0 Å². The summed E-state index contributed by atoms with van der Waals surface area (Å²) in [7, 11) is 0. The van der Waals surface area contributed by atoms with Gasteiger partial charge in [-0.05, 0) is 12.1 Å². The van der Waals surface area contributed by atoms with Crippen molar-refractivity contribution >= 4 is 23.1 Å². The van der Waals surface area contributed by atoms with Crippen LogP contribution in [0.25, 0.3) is 10.6 Å². The lowest BCUT2D eigenvalue weighted by atomic mass is 10.1. The Balaban J connectivity index is 2.04. The van der Waals surface area contributed by atoms with E-state index in [2.05, 4.69) is 4.98 Å². The van der Waals surface area contributed by atoms with Gasteiger partial charge >= 0.3 is 5.97 Å². The number of aromatic nitrogens is 1. The van der Waals surface area contributed by atoms with E-state index in [1.165, 1.54) is 17.4 Å². The molecule has 1 aromatic carbocycles. The van der Waals surface area contributed by atoms with Crippen molar-refractivity contribution in [2.75, 3.05) is 0 Å². The van der Waals surface area contributed by atoms with Crippen LogP contribution < -0.4 is 0 Å². The molecule has 1 aromatic heterocycles. The molecule has 0 aliphatic carbocycles. The Bertz CT molecular complexity index is 639. The molecule has 6 heteroatoms. The molecular formula is C14H12FNO3S. The van der Waals surface area contributed by atoms with Crippen LogP contribution in [-0.4, -0.2) is 21.8 Å². The maximum absolute atomic E-state index is 13.6. The zero-order valence-electron chi connectivity index (χ0n) is 10.5. The van der Waals surface area contributed by atoms with Crippen molar-refractivity contribution in [3.63, 3.8) is 0 Å². The number of ketones is 1. The average molecular weight is 293 g/mol. The number of halogens is 1. The topological polar surface area (TPSA) is 67.3 Å². The molecule has 0 bridgehead atoms. The summed E-state index contributed by atoms with van der Waals surface area (Å²) in [6, 6.07) is 6.30. The number of hydrogen-bond acceptors (Lipinski definition) is 4. The highest BCUT2D eigenvalue weighted by atomic mass is 32.1. The average Bonchev–Trinajstić information content (AvgIpc) is 2.85. The van der Waals surface area contributed by atoms with Crippen LogP contribution in [0.2, 0.25) is 0 Å². The standard InChI is InChI=1S/C14H12FNO3S/c15-12-4-2-1-3-11(12)14-16-9(8-20-14)7-10(17)5-6-13(18)19/h1-4,8H,5-7H2,(H,18,19). The first-order valence-electron chi connectivity index (χ1n) is 5.99. The molecule has 4 nitrogen and oxygen atoms in total. The molecule has 2 aromatic rings. The second kappa shape index (κ2) is 6.38. The summed E-state index contributed by atoms with van der Waals surface area (Å²) in [5.74, 6) is -1.54. The van der Waals surface area contributed by atoms with Gasteiger partial charge in [0.15, 0.2) is 0 Å². The highest BCUT2D eigenvalue weighted by molar-refractivity contribution is 7.13. The summed E-state index contributed by atoms with van der Waals surface area (Å²) >= 11 is 1.26. The Morgan fingerprint density at radius 3 is 2.70 bits per heavy atom. The minimum atomic E-state index is -0.997. The Labute approximate surface area is 118 Å². The van der Waals surface area contributed by atoms with Gasteiger partial charge in [-0.1, -0.05) is 12.1 Å². The van der Waals surface area contributed by atoms with Gasteiger partial charge in [-0.25, -0.2) is 9.37 Å². The van der Waals surface area contributed by atoms with Crippen LogP contribution in [0.5, 0.6) is 0 Å². The summed E-state index contributed by atoms with van der Waals surface area (Å²) in [4.78, 5) is 26.2. The lowest BCUT2D eigenvalue weighted by Gasteiger charge is -1.98. The van der Waals surface area contributed by atoms with E-state index in [-0.39, 0.29) is 30.9 Å². The van der Waals surface area contributed by atoms with Crippen LogP contribution in [0, 0.1) is 5.82 Å². The maximum atomic E-state index is 13.6. The summed E-state index contributed by atoms with van der Waals surface area (Å²) < 4.78 is 13.6. The second-order valence-corrected chi connectivity index (χ2v) is 5.09. The molecule has 0 atom stereocenters. The number of thiazole rings is 1. The first-order valence-corrected chi connectivity index (χ1v) is 6.87. The monoisotopic (exact) mass is 293 g/mol. The van der Waals surface area contributed by atoms with E-state index < -0.39 is 5.97 Å². The Morgan fingerprint density at radius 2 is 2.00 bits per heavy atom. The van der Waals surface area contributed by atoms with Crippen molar-refractivity contribution in [1.82, 2.24) is 4.98 Å². The van der Waals surface area contributed by atoms with Crippen LogP contribution in [0.15, 0.2) is 29.6 Å². The number of nitrogens with zero attached hydrogens (tertiary/aromatic N) is 1. The third-order valence-corrected chi connectivity index (χ3v) is 3.58. The summed E-state index contributed by atoms with van der Waals surface area (Å²) in [6.07, 6.45) is -0.108. The molecule has 0 amide bonds. The van der Waals surface area contributed by atoms with E-state index in [1.54, 1.807) is 23.6 Å². The van der Waals surface area contributed by atoms with Gasteiger partial charge in [-0.15, -0.1) is 11.3 Å². The maximum Gasteiger partial charge on any atom is 0.303 e. The van der Waals surface area contributed by atoms with Crippen molar-refractivity contribution in [3.05, 3.63) is 41.2 Å². The first kappa shape index (κ1) is 14.3. The molecule has 0 spiro atoms. The Hall–Kier alpha value is -2.08. The molecule has 1 heterocycles. The molecule has 2 rings (SSSR count). The van der Waals surface area contributed by atoms with Crippen LogP contribution >= 0.6 is 11.3 Å². The molecule has 0 radical (unpaired) electrons. The predicted octanol–water partition coefficient (Wildman–Crippen LogP) is 2.93. The molecule has 0 fully saturated rings. The second-order valence-electron chi connectivity index (χ2n) is 4.23. The largest absolute Gasteiger partial charge is 0.481 e. The van der Waals surface area contributed by atoms with Gasteiger partial charge in [0.1, 0.15) is 16.6 Å². The number of carbonyl (C=O) groups excluding carboxylic acids is 1. The smallest absolute Gasteiger partial charge is 0.303 e.